The van der Waals surface area contributed by atoms with E-state index in [4.69, 9.17) is 0 Å². The monoisotopic (exact) mass is 273 g/mol. The lowest BCUT2D eigenvalue weighted by Crippen LogP contribution is -2.28. The molecule has 1 aromatic rings. The van der Waals surface area contributed by atoms with Crippen LogP contribution in [0.1, 0.15) is 51.6 Å². The van der Waals surface area contributed by atoms with E-state index in [9.17, 15) is 0 Å². The van der Waals surface area contributed by atoms with Gasteiger partial charge in [-0.3, -0.25) is 4.98 Å². The van der Waals surface area contributed by atoms with Gasteiger partial charge in [-0.15, -0.1) is 0 Å². The number of anilines is 1. The van der Waals surface area contributed by atoms with E-state index in [1.165, 1.54) is 50.0 Å². The second kappa shape index (κ2) is 6.13. The average molecular weight is 273 g/mol. The van der Waals surface area contributed by atoms with Crippen molar-refractivity contribution >= 4 is 5.69 Å². The zero-order valence-corrected chi connectivity index (χ0v) is 12.8. The van der Waals surface area contributed by atoms with Crippen LogP contribution in [-0.2, 0) is 6.54 Å². The van der Waals surface area contributed by atoms with E-state index >= 15 is 0 Å². The van der Waals surface area contributed by atoms with Crippen LogP contribution in [0.25, 0.3) is 0 Å². The molecule has 3 nitrogen and oxygen atoms in total. The van der Waals surface area contributed by atoms with Gasteiger partial charge in [-0.1, -0.05) is 13.8 Å². The topological polar surface area (TPSA) is 28.2 Å². The molecule has 0 aromatic carbocycles. The van der Waals surface area contributed by atoms with E-state index in [0.717, 1.165) is 24.5 Å². The van der Waals surface area contributed by atoms with E-state index in [1.807, 2.05) is 6.20 Å². The highest BCUT2D eigenvalue weighted by Gasteiger charge is 2.29. The third kappa shape index (κ3) is 3.95. The second-order valence-electron chi connectivity index (χ2n) is 6.77. The molecule has 20 heavy (non-hydrogen) atoms. The largest absolute Gasteiger partial charge is 0.368 e. The fraction of sp³-hybridized carbons (Fsp3) is 0.706. The van der Waals surface area contributed by atoms with Crippen LogP contribution in [0.3, 0.4) is 0 Å². The molecule has 1 aromatic heterocycles. The molecule has 0 bridgehead atoms. The Labute approximate surface area is 122 Å². The van der Waals surface area contributed by atoms with Crippen molar-refractivity contribution in [1.82, 2.24) is 10.3 Å². The van der Waals surface area contributed by atoms with Crippen LogP contribution < -0.4 is 10.2 Å². The summed E-state index contributed by atoms with van der Waals surface area (Å²) < 4.78 is 0. The summed E-state index contributed by atoms with van der Waals surface area (Å²) in [6, 6.07) is 5.99. The first-order valence-corrected chi connectivity index (χ1v) is 8.17. The molecule has 0 radical (unpaired) electrons. The van der Waals surface area contributed by atoms with Gasteiger partial charge >= 0.3 is 0 Å². The third-order valence-corrected chi connectivity index (χ3v) is 4.22. The highest BCUT2D eigenvalue weighted by atomic mass is 15.2. The Bertz CT molecular complexity index is 436. The Hall–Kier alpha value is -1.09. The minimum atomic E-state index is 0.751. The van der Waals surface area contributed by atoms with Gasteiger partial charge in [-0.25, -0.2) is 0 Å². The molecule has 2 fully saturated rings. The number of hydrogen-bond acceptors (Lipinski definition) is 3. The number of nitrogens with zero attached hydrogens (tertiary/aromatic N) is 2. The summed E-state index contributed by atoms with van der Waals surface area (Å²) in [5.74, 6) is 0.772. The van der Waals surface area contributed by atoms with Crippen molar-refractivity contribution in [3.8, 4) is 0 Å². The summed E-state index contributed by atoms with van der Waals surface area (Å²) >= 11 is 0. The molecule has 0 spiro atoms. The number of rotatable bonds is 8. The van der Waals surface area contributed by atoms with Crippen molar-refractivity contribution in [2.75, 3.05) is 11.4 Å². The van der Waals surface area contributed by atoms with E-state index < -0.39 is 0 Å². The fourth-order valence-corrected chi connectivity index (χ4v) is 2.58. The Morgan fingerprint density at radius 3 is 2.75 bits per heavy atom. The summed E-state index contributed by atoms with van der Waals surface area (Å²) in [5, 5.41) is 3.55. The van der Waals surface area contributed by atoms with Crippen molar-refractivity contribution in [3.63, 3.8) is 0 Å². The summed E-state index contributed by atoms with van der Waals surface area (Å²) in [6.45, 7) is 6.72. The zero-order chi connectivity index (χ0) is 13.9. The molecule has 0 saturated heterocycles. The highest BCUT2D eigenvalue weighted by Crippen LogP contribution is 2.32. The predicted molar refractivity (Wildman–Crippen MR) is 83.9 cm³/mol. The van der Waals surface area contributed by atoms with Crippen LogP contribution in [0.5, 0.6) is 0 Å². The van der Waals surface area contributed by atoms with Gasteiger partial charge in [0, 0.05) is 37.1 Å². The van der Waals surface area contributed by atoms with Gasteiger partial charge in [0.15, 0.2) is 0 Å². The maximum absolute atomic E-state index is 4.51. The third-order valence-electron chi connectivity index (χ3n) is 4.22. The van der Waals surface area contributed by atoms with Crippen molar-refractivity contribution in [2.45, 2.75) is 64.6 Å². The normalized spacial score (nSPS) is 18.6. The van der Waals surface area contributed by atoms with Crippen LogP contribution in [0.2, 0.25) is 0 Å². The Kier molecular flexibility index (Phi) is 4.25. The van der Waals surface area contributed by atoms with E-state index in [1.54, 1.807) is 0 Å². The van der Waals surface area contributed by atoms with Crippen molar-refractivity contribution < 1.29 is 0 Å². The second-order valence-corrected chi connectivity index (χ2v) is 6.77. The Morgan fingerprint density at radius 1 is 1.30 bits per heavy atom. The minimum Gasteiger partial charge on any atom is -0.368 e. The average Bonchev–Trinajstić information content (AvgIpc) is 3.30. The molecule has 2 aliphatic carbocycles. The maximum atomic E-state index is 4.51. The molecule has 3 heteroatoms. The molecule has 110 valence electrons. The maximum Gasteiger partial charge on any atom is 0.0562 e. The number of hydrogen-bond donors (Lipinski definition) is 1. The summed E-state index contributed by atoms with van der Waals surface area (Å²) in [6.07, 6.45) is 8.63. The van der Waals surface area contributed by atoms with Crippen LogP contribution in [-0.4, -0.2) is 23.6 Å². The molecule has 1 N–H and O–H groups in total. The van der Waals surface area contributed by atoms with Gasteiger partial charge < -0.3 is 10.2 Å². The van der Waals surface area contributed by atoms with Crippen LogP contribution >= 0.6 is 0 Å². The van der Waals surface area contributed by atoms with Crippen molar-refractivity contribution in [2.24, 2.45) is 5.92 Å². The smallest absolute Gasteiger partial charge is 0.0562 e. The quantitative estimate of drug-likeness (QED) is 0.787. The number of aromatic nitrogens is 1. The number of pyridine rings is 1. The van der Waals surface area contributed by atoms with Gasteiger partial charge in [0.05, 0.1) is 5.69 Å². The molecule has 0 atom stereocenters. The Balaban J connectivity index is 1.64. The van der Waals surface area contributed by atoms with Crippen LogP contribution in [0.15, 0.2) is 18.3 Å². The van der Waals surface area contributed by atoms with Gasteiger partial charge in [0.25, 0.3) is 0 Å². The lowest BCUT2D eigenvalue weighted by atomic mass is 10.1. The summed E-state index contributed by atoms with van der Waals surface area (Å²) in [5.41, 5.74) is 2.56. The van der Waals surface area contributed by atoms with Crippen LogP contribution in [0.4, 0.5) is 5.69 Å². The molecule has 3 rings (SSSR count). The Morgan fingerprint density at radius 2 is 2.10 bits per heavy atom. The minimum absolute atomic E-state index is 0.751. The van der Waals surface area contributed by atoms with Gasteiger partial charge in [0.1, 0.15) is 0 Å². The molecular weight excluding hydrogens is 246 g/mol. The first-order valence-electron chi connectivity index (χ1n) is 8.17. The SMILES string of the molecule is CC(C)CCN(c1ccnc(CNC2CC2)c1)C1CC1. The molecule has 1 heterocycles. The molecule has 2 saturated carbocycles. The zero-order valence-electron chi connectivity index (χ0n) is 12.8. The van der Waals surface area contributed by atoms with Gasteiger partial charge in [-0.2, -0.15) is 0 Å². The molecule has 0 aliphatic heterocycles. The molecule has 2 aliphatic rings. The molecule has 0 amide bonds. The lowest BCUT2D eigenvalue weighted by molar-refractivity contribution is 0.570. The predicted octanol–water partition coefficient (Wildman–Crippen LogP) is 3.35. The standard InChI is InChI=1S/C17H27N3/c1-13(2)8-10-20(16-5-6-16)17-7-9-18-15(11-17)12-19-14-3-4-14/h7,9,11,13-14,16,19H,3-6,8,10,12H2,1-2H3. The van der Waals surface area contributed by atoms with E-state index in [0.29, 0.717) is 0 Å². The molecular formula is C17H27N3. The van der Waals surface area contributed by atoms with Gasteiger partial charge in [0.2, 0.25) is 0 Å². The van der Waals surface area contributed by atoms with Crippen molar-refractivity contribution in [1.29, 1.82) is 0 Å². The summed E-state index contributed by atoms with van der Waals surface area (Å²) in [4.78, 5) is 7.11. The van der Waals surface area contributed by atoms with Crippen molar-refractivity contribution in [3.05, 3.63) is 24.0 Å². The van der Waals surface area contributed by atoms with E-state index in [-0.39, 0.29) is 0 Å². The highest BCUT2D eigenvalue weighted by molar-refractivity contribution is 5.48. The van der Waals surface area contributed by atoms with Gasteiger partial charge in [-0.05, 0) is 50.2 Å². The van der Waals surface area contributed by atoms with E-state index in [2.05, 4.69) is 41.2 Å². The van der Waals surface area contributed by atoms with Crippen LogP contribution in [0, 0.1) is 5.92 Å². The fourth-order valence-electron chi connectivity index (χ4n) is 2.58. The first kappa shape index (κ1) is 13.9. The molecule has 0 unspecified atom stereocenters. The first-order chi connectivity index (χ1) is 9.72. The lowest BCUT2D eigenvalue weighted by Gasteiger charge is -2.26. The number of nitrogens with one attached hydrogen (secondary N) is 1. The summed E-state index contributed by atoms with van der Waals surface area (Å²) in [7, 11) is 0.